The highest BCUT2D eigenvalue weighted by molar-refractivity contribution is 7.12. The van der Waals surface area contributed by atoms with E-state index in [1.165, 1.54) is 0 Å². The molecular weight excluding hydrogens is 224 g/mol. The summed E-state index contributed by atoms with van der Waals surface area (Å²) in [6.07, 6.45) is 0. The molecule has 0 spiro atoms. The van der Waals surface area contributed by atoms with Crippen molar-refractivity contribution in [3.8, 4) is 0 Å². The molecule has 16 heavy (non-hydrogen) atoms. The van der Waals surface area contributed by atoms with Crippen LogP contribution in [0.15, 0.2) is 12.1 Å². The third kappa shape index (κ3) is 3.06. The molecule has 0 bridgehead atoms. The molecule has 0 radical (unpaired) electrons. The van der Waals surface area contributed by atoms with Gasteiger partial charge in [0.1, 0.15) is 6.04 Å². The Bertz CT molecular complexity index is 400. The Morgan fingerprint density at radius 1 is 1.38 bits per heavy atom. The van der Waals surface area contributed by atoms with Crippen molar-refractivity contribution in [2.45, 2.75) is 32.7 Å². The molecule has 88 valence electrons. The molecule has 0 fully saturated rings. The average molecular weight is 240 g/mol. The summed E-state index contributed by atoms with van der Waals surface area (Å²) in [6.45, 7) is 5.38. The maximum atomic E-state index is 11.8. The number of rotatable bonds is 4. The van der Waals surface area contributed by atoms with Gasteiger partial charge in [-0.05, 0) is 32.9 Å². The van der Waals surface area contributed by atoms with E-state index in [-0.39, 0.29) is 11.8 Å². The highest BCUT2D eigenvalue weighted by Gasteiger charge is 2.20. The Hall–Kier alpha value is -1.36. The summed E-state index contributed by atoms with van der Waals surface area (Å²) in [5.74, 6) is -0.948. The van der Waals surface area contributed by atoms with Crippen molar-refractivity contribution in [3.63, 3.8) is 0 Å². The van der Waals surface area contributed by atoms with Crippen molar-refractivity contribution in [1.29, 1.82) is 0 Å². The Morgan fingerprint density at radius 3 is 2.44 bits per heavy atom. The molecule has 0 aliphatic heterocycles. The van der Waals surface area contributed by atoms with E-state index in [1.807, 2.05) is 26.0 Å². The lowest BCUT2D eigenvalue weighted by molar-refractivity contribution is -0.127. The van der Waals surface area contributed by atoms with Crippen LogP contribution in [-0.4, -0.2) is 17.9 Å². The van der Waals surface area contributed by atoms with Gasteiger partial charge in [-0.15, -0.1) is 11.3 Å². The monoisotopic (exact) mass is 240 g/mol. The van der Waals surface area contributed by atoms with E-state index in [0.29, 0.717) is 0 Å². The maximum absolute atomic E-state index is 11.8. The lowest BCUT2D eigenvalue weighted by atomic mass is 10.1. The molecule has 0 unspecified atom stereocenters. The summed E-state index contributed by atoms with van der Waals surface area (Å²) in [5, 5.41) is 2.58. The fraction of sp³-hybridized carbons (Fsp3) is 0.455. The lowest BCUT2D eigenvalue weighted by Crippen LogP contribution is -2.43. The second kappa shape index (κ2) is 5.12. The Balaban J connectivity index is 2.64. The van der Waals surface area contributed by atoms with Crippen molar-refractivity contribution in [1.82, 2.24) is 5.32 Å². The second-order valence-corrected chi connectivity index (χ2v) is 5.12. The highest BCUT2D eigenvalue weighted by Crippen LogP contribution is 2.24. The summed E-state index contributed by atoms with van der Waals surface area (Å²) in [6, 6.07) is 3.27. The molecule has 2 amide bonds. The molecule has 5 heteroatoms. The number of thiophene rings is 1. The molecule has 3 N–H and O–H groups in total. The molecule has 4 nitrogen and oxygen atoms in total. The molecule has 1 rings (SSSR count). The zero-order valence-electron chi connectivity index (χ0n) is 9.61. The first-order valence-electron chi connectivity index (χ1n) is 5.08. The molecule has 2 atom stereocenters. The molecule has 1 heterocycles. The van der Waals surface area contributed by atoms with Gasteiger partial charge in [0.2, 0.25) is 11.8 Å². The maximum Gasteiger partial charge on any atom is 0.239 e. The zero-order valence-corrected chi connectivity index (χ0v) is 10.4. The Labute approximate surface area is 98.8 Å². The highest BCUT2D eigenvalue weighted by atomic mass is 32.1. The van der Waals surface area contributed by atoms with Gasteiger partial charge in [-0.1, -0.05) is 0 Å². The van der Waals surface area contributed by atoms with Crippen LogP contribution in [0, 0.1) is 6.92 Å². The minimum absolute atomic E-state index is 0.173. The number of primary amides is 1. The summed E-state index contributed by atoms with van der Waals surface area (Å²) in [5.41, 5.74) is 5.08. The summed E-state index contributed by atoms with van der Waals surface area (Å²) in [7, 11) is 0. The zero-order chi connectivity index (χ0) is 12.3. The van der Waals surface area contributed by atoms with Gasteiger partial charge in [-0.3, -0.25) is 9.59 Å². The van der Waals surface area contributed by atoms with E-state index in [2.05, 4.69) is 5.32 Å². The van der Waals surface area contributed by atoms with Crippen molar-refractivity contribution < 1.29 is 9.59 Å². The third-order valence-electron chi connectivity index (χ3n) is 2.37. The van der Waals surface area contributed by atoms with Gasteiger partial charge in [-0.2, -0.15) is 0 Å². The molecular formula is C11H16N2O2S. The first-order valence-corrected chi connectivity index (χ1v) is 5.89. The summed E-state index contributed by atoms with van der Waals surface area (Å²) in [4.78, 5) is 24.7. The largest absolute Gasteiger partial charge is 0.368 e. The number of nitrogens with one attached hydrogen (secondary N) is 1. The number of nitrogens with two attached hydrogens (primary N) is 1. The quantitative estimate of drug-likeness (QED) is 0.828. The van der Waals surface area contributed by atoms with E-state index in [1.54, 1.807) is 18.3 Å². The van der Waals surface area contributed by atoms with Gasteiger partial charge in [0, 0.05) is 9.75 Å². The average Bonchev–Trinajstić information content (AvgIpc) is 2.63. The first kappa shape index (κ1) is 12.7. The third-order valence-corrected chi connectivity index (χ3v) is 3.55. The number of aryl methyl sites for hydroxylation is 1. The van der Waals surface area contributed by atoms with Crippen LogP contribution in [0.25, 0.3) is 0 Å². The van der Waals surface area contributed by atoms with Crippen LogP contribution in [0.1, 0.15) is 29.5 Å². The molecule has 0 aliphatic carbocycles. The van der Waals surface area contributed by atoms with Gasteiger partial charge in [-0.25, -0.2) is 0 Å². The predicted molar refractivity (Wildman–Crippen MR) is 64.3 cm³/mol. The number of hydrogen-bond acceptors (Lipinski definition) is 3. The lowest BCUT2D eigenvalue weighted by Gasteiger charge is -2.14. The van der Waals surface area contributed by atoms with E-state index in [9.17, 15) is 9.59 Å². The first-order chi connectivity index (χ1) is 7.41. The van der Waals surface area contributed by atoms with E-state index < -0.39 is 11.9 Å². The van der Waals surface area contributed by atoms with Gasteiger partial charge < -0.3 is 11.1 Å². The number of carbonyl (C=O) groups excluding carboxylic acids is 2. The predicted octanol–water partition coefficient (Wildman–Crippen LogP) is 1.15. The molecule has 1 aromatic heterocycles. The van der Waals surface area contributed by atoms with Gasteiger partial charge in [0.15, 0.2) is 0 Å². The minimum Gasteiger partial charge on any atom is -0.368 e. The normalized spacial score (nSPS) is 14.2. The van der Waals surface area contributed by atoms with Crippen LogP contribution in [0.4, 0.5) is 0 Å². The summed E-state index contributed by atoms with van der Waals surface area (Å²) >= 11 is 1.58. The number of amides is 2. The van der Waals surface area contributed by atoms with Crippen molar-refractivity contribution in [2.75, 3.05) is 0 Å². The fourth-order valence-corrected chi connectivity index (χ4v) is 2.15. The van der Waals surface area contributed by atoms with Crippen molar-refractivity contribution in [3.05, 3.63) is 21.9 Å². The SMILES string of the molecule is Cc1ccc([C@@H](C)C(=O)N[C@@H](C)C(N)=O)s1. The van der Waals surface area contributed by atoms with Crippen molar-refractivity contribution in [2.24, 2.45) is 5.73 Å². The van der Waals surface area contributed by atoms with Gasteiger partial charge >= 0.3 is 0 Å². The number of carbonyl (C=O) groups is 2. The molecule has 0 saturated heterocycles. The topological polar surface area (TPSA) is 72.2 Å². The molecule has 1 aromatic rings. The van der Waals surface area contributed by atoms with Crippen molar-refractivity contribution >= 4 is 23.2 Å². The Kier molecular flexibility index (Phi) is 4.06. The van der Waals surface area contributed by atoms with E-state index >= 15 is 0 Å². The van der Waals surface area contributed by atoms with Crippen LogP contribution in [0.2, 0.25) is 0 Å². The van der Waals surface area contributed by atoms with Crippen LogP contribution in [0.3, 0.4) is 0 Å². The standard InChI is InChI=1S/C11H16N2O2S/c1-6-4-5-9(16-6)7(2)11(15)13-8(3)10(12)14/h4-5,7-8H,1-3H3,(H2,12,14)(H,13,15)/t7-,8+/m1/s1. The molecule has 0 aromatic carbocycles. The van der Waals surface area contributed by atoms with Crippen LogP contribution < -0.4 is 11.1 Å². The Morgan fingerprint density at radius 2 is 2.00 bits per heavy atom. The van der Waals surface area contributed by atoms with Gasteiger partial charge in [0.25, 0.3) is 0 Å². The van der Waals surface area contributed by atoms with Crippen LogP contribution in [-0.2, 0) is 9.59 Å². The van der Waals surface area contributed by atoms with E-state index in [0.717, 1.165) is 9.75 Å². The fourth-order valence-electron chi connectivity index (χ4n) is 1.22. The molecule has 0 saturated carbocycles. The van der Waals surface area contributed by atoms with Gasteiger partial charge in [0.05, 0.1) is 5.92 Å². The van der Waals surface area contributed by atoms with Crippen LogP contribution in [0.5, 0.6) is 0 Å². The molecule has 0 aliphatic rings. The summed E-state index contributed by atoms with van der Waals surface area (Å²) < 4.78 is 0. The second-order valence-electron chi connectivity index (χ2n) is 3.80. The smallest absolute Gasteiger partial charge is 0.239 e. The van der Waals surface area contributed by atoms with Crippen LogP contribution >= 0.6 is 11.3 Å². The number of hydrogen-bond donors (Lipinski definition) is 2. The minimum atomic E-state index is -0.629. The van der Waals surface area contributed by atoms with E-state index in [4.69, 9.17) is 5.73 Å².